The molecule has 210 valence electrons. The Kier molecular flexibility index (Phi) is 6.49. The van der Waals surface area contributed by atoms with E-state index >= 15 is 0 Å². The number of anilines is 1. The van der Waals surface area contributed by atoms with Gasteiger partial charge < -0.3 is 25.1 Å². The fourth-order valence-electron chi connectivity index (χ4n) is 4.88. The molecule has 2 fully saturated rings. The topological polar surface area (TPSA) is 124 Å². The minimum atomic E-state index is -4.70. The molecule has 0 radical (unpaired) electrons. The molecule has 3 N–H and O–H groups in total. The Bertz CT molecular complexity index is 1650. The number of nitrogen functional groups attached to an aromatic ring is 1. The van der Waals surface area contributed by atoms with Crippen LogP contribution in [0.25, 0.3) is 28.3 Å². The molecule has 0 bridgehead atoms. The summed E-state index contributed by atoms with van der Waals surface area (Å²) in [7, 11) is 0. The number of likely N-dealkylation sites (tertiary alicyclic amines) is 1. The second-order valence-corrected chi connectivity index (χ2v) is 10.1. The van der Waals surface area contributed by atoms with Crippen molar-refractivity contribution in [3.05, 3.63) is 83.4 Å². The van der Waals surface area contributed by atoms with Crippen LogP contribution in [-0.2, 0) is 22.3 Å². The van der Waals surface area contributed by atoms with Crippen molar-refractivity contribution in [3.63, 3.8) is 0 Å². The van der Waals surface area contributed by atoms with Crippen LogP contribution in [0.1, 0.15) is 33.7 Å². The van der Waals surface area contributed by atoms with Gasteiger partial charge in [-0.3, -0.25) is 14.6 Å². The van der Waals surface area contributed by atoms with Gasteiger partial charge in [-0.05, 0) is 54.1 Å². The van der Waals surface area contributed by atoms with E-state index in [4.69, 9.17) is 14.9 Å². The highest BCUT2D eigenvalue weighted by Gasteiger charge is 2.50. The fraction of sp³-hybridized carbons (Fsp3) is 0.241. The first-order chi connectivity index (χ1) is 19.6. The van der Waals surface area contributed by atoms with Crippen LogP contribution in [0.15, 0.2) is 65.4 Å². The molecule has 2 saturated heterocycles. The molecule has 6 rings (SSSR count). The van der Waals surface area contributed by atoms with E-state index in [1.165, 1.54) is 42.7 Å². The summed E-state index contributed by atoms with van der Waals surface area (Å²) >= 11 is 0. The van der Waals surface area contributed by atoms with Crippen molar-refractivity contribution in [1.82, 2.24) is 20.2 Å². The Morgan fingerprint density at radius 1 is 1.10 bits per heavy atom. The Morgan fingerprint density at radius 2 is 1.90 bits per heavy atom. The highest BCUT2D eigenvalue weighted by molar-refractivity contribution is 5.95. The number of ether oxygens (including phenoxy) is 1. The number of hydrogen-bond acceptors (Lipinski definition) is 7. The normalized spacial score (nSPS) is 16.1. The summed E-state index contributed by atoms with van der Waals surface area (Å²) in [6.45, 7) is 1.63. The summed E-state index contributed by atoms with van der Waals surface area (Å²) in [5, 5.41) is 2.80. The molecule has 12 heteroatoms. The van der Waals surface area contributed by atoms with Gasteiger partial charge in [-0.1, -0.05) is 0 Å². The maximum atomic E-state index is 14.0. The second-order valence-electron chi connectivity index (χ2n) is 10.1. The van der Waals surface area contributed by atoms with Crippen LogP contribution in [0.5, 0.6) is 0 Å². The molecule has 0 saturated carbocycles. The lowest BCUT2D eigenvalue weighted by Crippen LogP contribution is -2.69. The number of carbonyl (C=O) groups is 2. The quantitative estimate of drug-likeness (QED) is 0.333. The first-order valence-electron chi connectivity index (χ1n) is 12.8. The zero-order valence-corrected chi connectivity index (χ0v) is 21.6. The molecule has 4 aromatic rings. The van der Waals surface area contributed by atoms with Crippen molar-refractivity contribution >= 4 is 34.7 Å². The minimum Gasteiger partial charge on any atom is -0.459 e. The van der Waals surface area contributed by atoms with Crippen LogP contribution in [0, 0.1) is 0 Å². The van der Waals surface area contributed by atoms with E-state index in [1.54, 1.807) is 23.1 Å². The highest BCUT2D eigenvalue weighted by atomic mass is 19.4. The summed E-state index contributed by atoms with van der Waals surface area (Å²) in [5.41, 5.74) is 5.52. The SMILES string of the molecule is Nc1ccc(/C=C/C(=O)NCc2cc3cc(-c4ccc(C(=O)N5CC6(CCO6)C5)cn4)cc(C(F)(F)F)c3o2)cn1. The summed E-state index contributed by atoms with van der Waals surface area (Å²) in [6.07, 6.45) is 1.90. The number of benzene rings is 1. The monoisotopic (exact) mass is 563 g/mol. The zero-order chi connectivity index (χ0) is 28.8. The Hall–Kier alpha value is -4.71. The van der Waals surface area contributed by atoms with E-state index in [1.807, 2.05) is 0 Å². The lowest BCUT2D eigenvalue weighted by molar-refractivity contribution is -0.209. The van der Waals surface area contributed by atoms with E-state index in [2.05, 4.69) is 15.3 Å². The number of furan rings is 1. The zero-order valence-electron chi connectivity index (χ0n) is 21.6. The van der Waals surface area contributed by atoms with Crippen molar-refractivity contribution in [3.8, 4) is 11.3 Å². The minimum absolute atomic E-state index is 0.123. The van der Waals surface area contributed by atoms with Gasteiger partial charge in [-0.2, -0.15) is 13.2 Å². The molecule has 0 atom stereocenters. The van der Waals surface area contributed by atoms with Crippen LogP contribution in [0.3, 0.4) is 0 Å². The van der Waals surface area contributed by atoms with Crippen molar-refractivity contribution < 1.29 is 31.9 Å². The van der Waals surface area contributed by atoms with Crippen molar-refractivity contribution in [1.29, 1.82) is 0 Å². The molecule has 2 amide bonds. The molecule has 0 aliphatic carbocycles. The highest BCUT2D eigenvalue weighted by Crippen LogP contribution is 2.39. The van der Waals surface area contributed by atoms with Gasteiger partial charge in [0.15, 0.2) is 0 Å². The van der Waals surface area contributed by atoms with Crippen LogP contribution in [0.4, 0.5) is 19.0 Å². The number of rotatable bonds is 6. The first-order valence-corrected chi connectivity index (χ1v) is 12.8. The lowest BCUT2D eigenvalue weighted by atomic mass is 9.86. The standard InChI is InChI=1S/C29H24F3N5O4/c30-29(31,32)22-11-19(23-4-3-18(13-34-23)27(39)37-15-28(16-37)7-8-40-28)9-20-10-21(41-26(20)22)14-36-25(38)6-2-17-1-5-24(33)35-12-17/h1-6,9-13H,7-8,14-16H2,(H2,33,35)(H,36,38)/b6-2+. The number of carbonyl (C=O) groups excluding carboxylic acids is 2. The van der Waals surface area contributed by atoms with Gasteiger partial charge in [0, 0.05) is 35.8 Å². The molecule has 2 aliphatic heterocycles. The van der Waals surface area contributed by atoms with Crippen molar-refractivity contribution in [2.24, 2.45) is 0 Å². The third kappa shape index (κ3) is 5.38. The third-order valence-electron chi connectivity index (χ3n) is 7.16. The largest absolute Gasteiger partial charge is 0.459 e. The van der Waals surface area contributed by atoms with Crippen LogP contribution in [0.2, 0.25) is 0 Å². The molecule has 5 heterocycles. The third-order valence-corrected chi connectivity index (χ3v) is 7.16. The summed E-state index contributed by atoms with van der Waals surface area (Å²) in [4.78, 5) is 34.8. The lowest BCUT2D eigenvalue weighted by Gasteiger charge is -2.55. The number of nitrogens with two attached hydrogens (primary N) is 1. The number of amides is 2. The average Bonchev–Trinajstić information content (AvgIpc) is 3.32. The number of fused-ring (bicyclic) bond motifs is 1. The maximum absolute atomic E-state index is 14.0. The number of aromatic nitrogens is 2. The first kappa shape index (κ1) is 26.5. The predicted octanol–water partition coefficient (Wildman–Crippen LogP) is 4.44. The smallest absolute Gasteiger partial charge is 0.420 e. The Morgan fingerprint density at radius 3 is 2.54 bits per heavy atom. The summed E-state index contributed by atoms with van der Waals surface area (Å²) in [5.74, 6) is -0.167. The summed E-state index contributed by atoms with van der Waals surface area (Å²) < 4.78 is 53.0. The molecule has 41 heavy (non-hydrogen) atoms. The molecular weight excluding hydrogens is 539 g/mol. The number of nitrogens with zero attached hydrogens (tertiary/aromatic N) is 3. The van der Waals surface area contributed by atoms with Crippen molar-refractivity contribution in [2.45, 2.75) is 24.7 Å². The van der Waals surface area contributed by atoms with Gasteiger partial charge in [0.25, 0.3) is 5.91 Å². The number of halogens is 3. The number of alkyl halides is 3. The number of pyridine rings is 2. The van der Waals surface area contributed by atoms with E-state index in [0.717, 1.165) is 12.5 Å². The molecule has 1 spiro atoms. The fourth-order valence-corrected chi connectivity index (χ4v) is 4.88. The molecule has 1 aromatic carbocycles. The molecule has 2 aliphatic rings. The van der Waals surface area contributed by atoms with Crippen LogP contribution in [-0.4, -0.2) is 52.0 Å². The van der Waals surface area contributed by atoms with Crippen LogP contribution < -0.4 is 11.1 Å². The average molecular weight is 564 g/mol. The van der Waals surface area contributed by atoms with Crippen LogP contribution >= 0.6 is 0 Å². The van der Waals surface area contributed by atoms with Gasteiger partial charge in [-0.15, -0.1) is 0 Å². The molecular formula is C29H24F3N5O4. The molecule has 9 nitrogen and oxygen atoms in total. The van der Waals surface area contributed by atoms with Crippen molar-refractivity contribution in [2.75, 3.05) is 25.4 Å². The summed E-state index contributed by atoms with van der Waals surface area (Å²) in [6, 6.07) is 10.3. The van der Waals surface area contributed by atoms with Gasteiger partial charge in [0.05, 0.1) is 43.1 Å². The van der Waals surface area contributed by atoms with E-state index in [0.29, 0.717) is 36.6 Å². The van der Waals surface area contributed by atoms with E-state index in [-0.39, 0.29) is 46.0 Å². The molecule has 0 unspecified atom stereocenters. The molecule has 3 aromatic heterocycles. The second kappa shape index (κ2) is 10.0. The van der Waals surface area contributed by atoms with Gasteiger partial charge in [0.2, 0.25) is 5.91 Å². The predicted molar refractivity (Wildman–Crippen MR) is 143 cm³/mol. The van der Waals surface area contributed by atoms with Gasteiger partial charge in [-0.25, -0.2) is 4.98 Å². The van der Waals surface area contributed by atoms with E-state index in [9.17, 15) is 22.8 Å². The maximum Gasteiger partial charge on any atom is 0.420 e. The van der Waals surface area contributed by atoms with Gasteiger partial charge >= 0.3 is 6.18 Å². The number of nitrogens with one attached hydrogen (secondary N) is 1. The van der Waals surface area contributed by atoms with Gasteiger partial charge in [0.1, 0.15) is 22.8 Å². The van der Waals surface area contributed by atoms with E-state index < -0.39 is 17.6 Å². The number of hydrogen-bond donors (Lipinski definition) is 2. The Labute approximate surface area is 231 Å². The Balaban J connectivity index is 1.18.